The molecule has 0 fully saturated rings. The van der Waals surface area contributed by atoms with Crippen molar-refractivity contribution in [3.8, 4) is 0 Å². The zero-order valence-corrected chi connectivity index (χ0v) is 13.0. The van der Waals surface area contributed by atoms with Crippen molar-refractivity contribution in [1.29, 1.82) is 0 Å². The van der Waals surface area contributed by atoms with Gasteiger partial charge in [0.05, 0.1) is 7.05 Å². The Labute approximate surface area is 121 Å². The smallest absolute Gasteiger partial charge is 0.176 e. The summed E-state index contributed by atoms with van der Waals surface area (Å²) in [7, 11) is 1.78. The van der Waals surface area contributed by atoms with Crippen LogP contribution in [0.2, 0.25) is 0 Å². The molecule has 0 aliphatic carbocycles. The van der Waals surface area contributed by atoms with Crippen LogP contribution in [0.15, 0.2) is 22.7 Å². The number of hydrogen-bond acceptors (Lipinski definition) is 4. The highest BCUT2D eigenvalue weighted by Gasteiger charge is 2.15. The topological polar surface area (TPSA) is 55.6 Å². The third-order valence-electron chi connectivity index (χ3n) is 2.99. The van der Waals surface area contributed by atoms with Crippen LogP contribution in [0.4, 0.5) is 0 Å². The van der Waals surface area contributed by atoms with Gasteiger partial charge in [-0.15, -0.1) is 10.2 Å². The normalized spacial score (nSPS) is 12.6. The van der Waals surface area contributed by atoms with Gasteiger partial charge in [0, 0.05) is 16.9 Å². The van der Waals surface area contributed by atoms with Crippen molar-refractivity contribution in [3.63, 3.8) is 0 Å². The summed E-state index contributed by atoms with van der Waals surface area (Å²) in [5, 5.41) is 15.6. The van der Waals surface area contributed by atoms with Crippen molar-refractivity contribution in [2.75, 3.05) is 6.54 Å². The summed E-state index contributed by atoms with van der Waals surface area (Å²) in [5.74, 6) is 0.755. The Kier molecular flexibility index (Phi) is 4.66. The van der Waals surface area contributed by atoms with Crippen molar-refractivity contribution in [2.24, 2.45) is 7.05 Å². The van der Waals surface area contributed by atoms with E-state index < -0.39 is 0 Å². The van der Waals surface area contributed by atoms with Gasteiger partial charge >= 0.3 is 0 Å². The Balaban J connectivity index is 2.21. The summed E-state index contributed by atoms with van der Waals surface area (Å²) in [5.41, 5.74) is 2.46. The van der Waals surface area contributed by atoms with Gasteiger partial charge < -0.3 is 5.32 Å². The molecule has 0 bridgehead atoms. The van der Waals surface area contributed by atoms with Crippen LogP contribution < -0.4 is 5.32 Å². The van der Waals surface area contributed by atoms with Crippen LogP contribution in [-0.4, -0.2) is 26.8 Å². The van der Waals surface area contributed by atoms with Crippen LogP contribution in [0.1, 0.15) is 29.9 Å². The average Bonchev–Trinajstić information content (AvgIpc) is 2.78. The van der Waals surface area contributed by atoms with Crippen LogP contribution in [-0.2, 0) is 13.5 Å². The number of nitrogens with one attached hydrogen (secondary N) is 1. The minimum absolute atomic E-state index is 0.200. The van der Waals surface area contributed by atoms with E-state index in [4.69, 9.17) is 0 Å². The van der Waals surface area contributed by atoms with Crippen molar-refractivity contribution < 1.29 is 0 Å². The zero-order chi connectivity index (χ0) is 13.8. The molecule has 1 heterocycles. The molecule has 1 atom stereocenters. The van der Waals surface area contributed by atoms with Crippen molar-refractivity contribution >= 4 is 15.9 Å². The summed E-state index contributed by atoms with van der Waals surface area (Å²) in [4.78, 5) is 1.49. The van der Waals surface area contributed by atoms with Crippen LogP contribution in [0.5, 0.6) is 0 Å². The highest BCUT2D eigenvalue weighted by atomic mass is 79.9. The fourth-order valence-corrected chi connectivity index (χ4v) is 2.36. The van der Waals surface area contributed by atoms with Gasteiger partial charge in [0.25, 0.3) is 0 Å². The van der Waals surface area contributed by atoms with E-state index >= 15 is 0 Å². The standard InChI is InChI=1S/C13H18BrN5/c1-4-15-12(8-13-16-18-19(3)17-13)10-6-5-9(2)11(14)7-10/h5-7,12,15H,4,8H2,1-3H3. The van der Waals surface area contributed by atoms with E-state index in [1.54, 1.807) is 7.05 Å². The summed E-state index contributed by atoms with van der Waals surface area (Å²) in [6.07, 6.45) is 0.733. The number of benzene rings is 1. The average molecular weight is 324 g/mol. The molecule has 2 aromatic rings. The molecule has 1 aromatic heterocycles. The molecule has 5 nitrogen and oxygen atoms in total. The number of hydrogen-bond donors (Lipinski definition) is 1. The van der Waals surface area contributed by atoms with E-state index in [0.717, 1.165) is 23.3 Å². The molecule has 0 aliphatic heterocycles. The monoisotopic (exact) mass is 323 g/mol. The van der Waals surface area contributed by atoms with E-state index in [0.29, 0.717) is 0 Å². The fraction of sp³-hybridized carbons (Fsp3) is 0.462. The van der Waals surface area contributed by atoms with Gasteiger partial charge in [0.2, 0.25) is 0 Å². The summed E-state index contributed by atoms with van der Waals surface area (Å²) < 4.78 is 1.13. The quantitative estimate of drug-likeness (QED) is 0.916. The maximum absolute atomic E-state index is 4.24. The lowest BCUT2D eigenvalue weighted by atomic mass is 10.0. The van der Waals surface area contributed by atoms with Crippen LogP contribution in [0.3, 0.4) is 0 Å². The van der Waals surface area contributed by atoms with Gasteiger partial charge in [-0.1, -0.05) is 35.0 Å². The molecular weight excluding hydrogens is 306 g/mol. The molecule has 0 saturated heterocycles. The maximum Gasteiger partial charge on any atom is 0.176 e. The Bertz CT molecular complexity index is 552. The number of rotatable bonds is 5. The van der Waals surface area contributed by atoms with Crippen LogP contribution >= 0.6 is 15.9 Å². The molecule has 0 amide bonds. The number of likely N-dealkylation sites (N-methyl/N-ethyl adjacent to an activating group) is 1. The van der Waals surface area contributed by atoms with Gasteiger partial charge in [-0.25, -0.2) is 0 Å². The first-order valence-corrected chi connectivity index (χ1v) is 7.11. The Hall–Kier alpha value is -1.27. The second kappa shape index (κ2) is 6.25. The zero-order valence-electron chi connectivity index (χ0n) is 11.4. The fourth-order valence-electron chi connectivity index (χ4n) is 1.97. The SMILES string of the molecule is CCNC(Cc1nnn(C)n1)c1ccc(C)c(Br)c1. The van der Waals surface area contributed by atoms with Gasteiger partial charge in [-0.2, -0.15) is 4.80 Å². The second-order valence-electron chi connectivity index (χ2n) is 4.52. The lowest BCUT2D eigenvalue weighted by Gasteiger charge is -2.17. The number of halogens is 1. The van der Waals surface area contributed by atoms with Crippen LogP contribution in [0.25, 0.3) is 0 Å². The first kappa shape index (κ1) is 14.1. The van der Waals surface area contributed by atoms with Crippen molar-refractivity contribution in [1.82, 2.24) is 25.5 Å². The van der Waals surface area contributed by atoms with Gasteiger partial charge in [0.1, 0.15) is 0 Å². The third kappa shape index (κ3) is 3.61. The van der Waals surface area contributed by atoms with E-state index in [1.807, 2.05) is 0 Å². The molecule has 0 spiro atoms. The van der Waals surface area contributed by atoms with E-state index in [9.17, 15) is 0 Å². The predicted octanol–water partition coefficient (Wildman–Crippen LogP) is 2.17. The van der Waals surface area contributed by atoms with E-state index in [2.05, 4.69) is 68.7 Å². The highest BCUT2D eigenvalue weighted by molar-refractivity contribution is 9.10. The summed E-state index contributed by atoms with van der Waals surface area (Å²) in [6.45, 7) is 5.08. The molecule has 2 rings (SSSR count). The molecule has 1 unspecified atom stereocenters. The van der Waals surface area contributed by atoms with Gasteiger partial charge in [0.15, 0.2) is 5.82 Å². The molecule has 6 heteroatoms. The molecule has 102 valence electrons. The molecule has 1 aromatic carbocycles. The Morgan fingerprint density at radius 3 is 2.79 bits per heavy atom. The minimum atomic E-state index is 0.200. The van der Waals surface area contributed by atoms with Gasteiger partial charge in [-0.05, 0) is 35.9 Å². The lowest BCUT2D eigenvalue weighted by Crippen LogP contribution is -2.23. The van der Waals surface area contributed by atoms with Gasteiger partial charge in [-0.3, -0.25) is 0 Å². The Morgan fingerprint density at radius 2 is 2.21 bits per heavy atom. The van der Waals surface area contributed by atoms with E-state index in [-0.39, 0.29) is 6.04 Å². The molecule has 0 saturated carbocycles. The van der Waals surface area contributed by atoms with Crippen molar-refractivity contribution in [2.45, 2.75) is 26.3 Å². The molecule has 1 N–H and O–H groups in total. The number of nitrogens with zero attached hydrogens (tertiary/aromatic N) is 4. The summed E-state index contributed by atoms with van der Waals surface area (Å²) in [6, 6.07) is 6.61. The van der Waals surface area contributed by atoms with E-state index in [1.165, 1.54) is 15.9 Å². The molecule has 19 heavy (non-hydrogen) atoms. The second-order valence-corrected chi connectivity index (χ2v) is 5.37. The highest BCUT2D eigenvalue weighted by Crippen LogP contribution is 2.23. The van der Waals surface area contributed by atoms with Crippen molar-refractivity contribution in [3.05, 3.63) is 39.6 Å². The first-order valence-electron chi connectivity index (χ1n) is 6.32. The lowest BCUT2D eigenvalue weighted by molar-refractivity contribution is 0.534. The molecular formula is C13H18BrN5. The first-order chi connectivity index (χ1) is 9.10. The van der Waals surface area contributed by atoms with Crippen LogP contribution in [0, 0.1) is 6.92 Å². The predicted molar refractivity (Wildman–Crippen MR) is 77.8 cm³/mol. The number of tetrazole rings is 1. The Morgan fingerprint density at radius 1 is 1.42 bits per heavy atom. The summed E-state index contributed by atoms with van der Waals surface area (Å²) >= 11 is 3.58. The number of aryl methyl sites for hydroxylation is 2. The number of aromatic nitrogens is 4. The molecule has 0 radical (unpaired) electrons. The minimum Gasteiger partial charge on any atom is -0.310 e. The maximum atomic E-state index is 4.24. The third-order valence-corrected chi connectivity index (χ3v) is 3.84. The largest absolute Gasteiger partial charge is 0.310 e. The molecule has 0 aliphatic rings.